The predicted octanol–water partition coefficient (Wildman–Crippen LogP) is 0.0292. The second-order valence-electron chi connectivity index (χ2n) is 4.17. The maximum atomic E-state index is 11.9. The monoisotopic (exact) mass is 261 g/mol. The molecule has 0 spiro atoms. The van der Waals surface area contributed by atoms with E-state index < -0.39 is 6.04 Å². The number of amides is 1. The molecule has 1 heterocycles. The second kappa shape index (κ2) is 5.49. The number of benzene rings is 1. The van der Waals surface area contributed by atoms with Gasteiger partial charge in [-0.1, -0.05) is 12.1 Å². The lowest BCUT2D eigenvalue weighted by Gasteiger charge is -2.11. The molecule has 100 valence electrons. The van der Waals surface area contributed by atoms with Crippen LogP contribution >= 0.6 is 0 Å². The van der Waals surface area contributed by atoms with Gasteiger partial charge in [0.15, 0.2) is 0 Å². The minimum Gasteiger partial charge on any atom is -0.508 e. The van der Waals surface area contributed by atoms with Crippen LogP contribution in [0.25, 0.3) is 0 Å². The van der Waals surface area contributed by atoms with Gasteiger partial charge in [-0.2, -0.15) is 10.1 Å². The molecule has 2 aromatic rings. The number of phenolic OH excluding ortho intramolecular Hbond substituents is 1. The number of hydrogen-bond donors (Lipinski definition) is 3. The van der Waals surface area contributed by atoms with Gasteiger partial charge in [0, 0.05) is 7.05 Å². The normalized spacial score (nSPS) is 12.1. The Labute approximate surface area is 110 Å². The first kappa shape index (κ1) is 13.0. The van der Waals surface area contributed by atoms with Crippen molar-refractivity contribution in [3.05, 3.63) is 36.2 Å². The van der Waals surface area contributed by atoms with Gasteiger partial charge in [-0.05, 0) is 24.1 Å². The molecular weight excluding hydrogens is 246 g/mol. The Kier molecular flexibility index (Phi) is 3.76. The van der Waals surface area contributed by atoms with Crippen LogP contribution in [0.4, 0.5) is 5.95 Å². The summed E-state index contributed by atoms with van der Waals surface area (Å²) in [5, 5.41) is 15.6. The third-order valence-corrected chi connectivity index (χ3v) is 2.68. The number of nitrogens with one attached hydrogen (secondary N) is 1. The highest BCUT2D eigenvalue weighted by atomic mass is 16.3. The number of anilines is 1. The molecule has 1 amide bonds. The van der Waals surface area contributed by atoms with Crippen LogP contribution < -0.4 is 11.1 Å². The number of carbonyl (C=O) groups excluding carboxylic acids is 1. The minimum atomic E-state index is -0.693. The molecule has 0 aliphatic rings. The molecule has 4 N–H and O–H groups in total. The molecule has 7 heteroatoms. The summed E-state index contributed by atoms with van der Waals surface area (Å²) in [4.78, 5) is 15.8. The largest absolute Gasteiger partial charge is 0.508 e. The average Bonchev–Trinajstić information content (AvgIpc) is 2.78. The van der Waals surface area contributed by atoms with Crippen molar-refractivity contribution < 1.29 is 9.90 Å². The molecule has 0 aliphatic heterocycles. The zero-order valence-electron chi connectivity index (χ0n) is 10.4. The summed E-state index contributed by atoms with van der Waals surface area (Å²) < 4.78 is 1.45. The summed E-state index contributed by atoms with van der Waals surface area (Å²) in [6.07, 6.45) is 1.73. The van der Waals surface area contributed by atoms with Crippen LogP contribution in [-0.4, -0.2) is 31.8 Å². The zero-order chi connectivity index (χ0) is 13.8. The van der Waals surface area contributed by atoms with Gasteiger partial charge in [0.05, 0.1) is 6.04 Å². The van der Waals surface area contributed by atoms with E-state index in [0.717, 1.165) is 5.56 Å². The summed E-state index contributed by atoms with van der Waals surface area (Å²) in [5.41, 5.74) is 6.70. The van der Waals surface area contributed by atoms with Crippen molar-refractivity contribution in [2.24, 2.45) is 12.8 Å². The number of aromatic hydroxyl groups is 1. The van der Waals surface area contributed by atoms with Crippen LogP contribution in [0.2, 0.25) is 0 Å². The van der Waals surface area contributed by atoms with Gasteiger partial charge in [-0.25, -0.2) is 4.68 Å². The highest BCUT2D eigenvalue weighted by Gasteiger charge is 2.16. The molecule has 2 rings (SSSR count). The summed E-state index contributed by atoms with van der Waals surface area (Å²) in [7, 11) is 1.67. The van der Waals surface area contributed by atoms with Crippen LogP contribution in [0.3, 0.4) is 0 Å². The standard InChI is InChI=1S/C12H15N5O2/c1-17-12(14-7-15-17)16-11(19)10(13)6-8-2-4-9(18)5-3-8/h2-5,7,10,18H,6,13H2,1H3,(H,14,15,16,19)/t10-/m1/s1. The molecule has 0 saturated heterocycles. The molecule has 1 aromatic carbocycles. The number of carbonyl (C=O) groups is 1. The second-order valence-corrected chi connectivity index (χ2v) is 4.17. The molecule has 19 heavy (non-hydrogen) atoms. The maximum Gasteiger partial charge on any atom is 0.243 e. The van der Waals surface area contributed by atoms with E-state index in [9.17, 15) is 9.90 Å². The molecule has 0 aliphatic carbocycles. The topological polar surface area (TPSA) is 106 Å². The third kappa shape index (κ3) is 3.29. The SMILES string of the molecule is Cn1ncnc1NC(=O)[C@H](N)Cc1ccc(O)cc1. The lowest BCUT2D eigenvalue weighted by molar-refractivity contribution is -0.117. The summed E-state index contributed by atoms with van der Waals surface area (Å²) in [6.45, 7) is 0. The van der Waals surface area contributed by atoms with Crippen molar-refractivity contribution in [2.45, 2.75) is 12.5 Å². The van der Waals surface area contributed by atoms with Crippen molar-refractivity contribution in [1.82, 2.24) is 14.8 Å². The fraction of sp³-hybridized carbons (Fsp3) is 0.250. The molecular formula is C12H15N5O2. The van der Waals surface area contributed by atoms with E-state index >= 15 is 0 Å². The fourth-order valence-corrected chi connectivity index (χ4v) is 1.59. The molecule has 0 bridgehead atoms. The van der Waals surface area contributed by atoms with Gasteiger partial charge in [0.1, 0.15) is 12.1 Å². The van der Waals surface area contributed by atoms with Crippen molar-refractivity contribution in [3.63, 3.8) is 0 Å². The number of aryl methyl sites for hydroxylation is 1. The van der Waals surface area contributed by atoms with Crippen LogP contribution in [0.15, 0.2) is 30.6 Å². The molecule has 7 nitrogen and oxygen atoms in total. The van der Waals surface area contributed by atoms with Crippen LogP contribution in [0, 0.1) is 0 Å². The number of hydrogen-bond acceptors (Lipinski definition) is 5. The molecule has 0 radical (unpaired) electrons. The Morgan fingerprint density at radius 3 is 2.74 bits per heavy atom. The Morgan fingerprint density at radius 1 is 1.47 bits per heavy atom. The third-order valence-electron chi connectivity index (χ3n) is 2.68. The molecule has 1 aromatic heterocycles. The summed E-state index contributed by atoms with van der Waals surface area (Å²) >= 11 is 0. The number of nitrogens with zero attached hydrogens (tertiary/aromatic N) is 3. The quantitative estimate of drug-likeness (QED) is 0.720. The van der Waals surface area contributed by atoms with E-state index in [1.165, 1.54) is 11.0 Å². The Bertz CT molecular complexity index is 564. The highest BCUT2D eigenvalue weighted by Crippen LogP contribution is 2.11. The minimum absolute atomic E-state index is 0.181. The van der Waals surface area contributed by atoms with Crippen molar-refractivity contribution in [1.29, 1.82) is 0 Å². The molecule has 1 atom stereocenters. The van der Waals surface area contributed by atoms with Crippen LogP contribution in [0.1, 0.15) is 5.56 Å². The maximum absolute atomic E-state index is 11.9. The van der Waals surface area contributed by atoms with E-state index in [1.807, 2.05) is 0 Å². The van der Waals surface area contributed by atoms with Gasteiger partial charge in [0.2, 0.25) is 11.9 Å². The van der Waals surface area contributed by atoms with Gasteiger partial charge in [-0.3, -0.25) is 10.1 Å². The van der Waals surface area contributed by atoms with Crippen LogP contribution in [0.5, 0.6) is 5.75 Å². The fourth-order valence-electron chi connectivity index (χ4n) is 1.59. The highest BCUT2D eigenvalue weighted by molar-refractivity contribution is 5.93. The lowest BCUT2D eigenvalue weighted by atomic mass is 10.1. The van der Waals surface area contributed by atoms with Gasteiger partial charge in [-0.15, -0.1) is 0 Å². The number of nitrogens with two attached hydrogens (primary N) is 1. The zero-order valence-corrected chi connectivity index (χ0v) is 10.4. The van der Waals surface area contributed by atoms with Crippen molar-refractivity contribution in [2.75, 3.05) is 5.32 Å². The lowest BCUT2D eigenvalue weighted by Crippen LogP contribution is -2.38. The van der Waals surface area contributed by atoms with E-state index in [-0.39, 0.29) is 11.7 Å². The van der Waals surface area contributed by atoms with E-state index in [0.29, 0.717) is 12.4 Å². The number of aromatic nitrogens is 3. The first-order valence-corrected chi connectivity index (χ1v) is 5.74. The number of phenols is 1. The van der Waals surface area contributed by atoms with Crippen LogP contribution in [-0.2, 0) is 18.3 Å². The number of rotatable bonds is 4. The van der Waals surface area contributed by atoms with Crippen molar-refractivity contribution >= 4 is 11.9 Å². The molecule has 0 saturated carbocycles. The first-order valence-electron chi connectivity index (χ1n) is 5.74. The van der Waals surface area contributed by atoms with E-state index in [1.54, 1.807) is 31.3 Å². The van der Waals surface area contributed by atoms with Crippen molar-refractivity contribution in [3.8, 4) is 5.75 Å². The van der Waals surface area contributed by atoms with Gasteiger partial charge >= 0.3 is 0 Å². The van der Waals surface area contributed by atoms with Gasteiger partial charge < -0.3 is 10.8 Å². The van der Waals surface area contributed by atoms with E-state index in [4.69, 9.17) is 5.73 Å². The summed E-state index contributed by atoms with van der Waals surface area (Å²) in [6, 6.07) is 5.88. The average molecular weight is 261 g/mol. The van der Waals surface area contributed by atoms with Gasteiger partial charge in [0.25, 0.3) is 0 Å². The Balaban J connectivity index is 1.96. The first-order chi connectivity index (χ1) is 9.06. The Hall–Kier alpha value is -2.41. The smallest absolute Gasteiger partial charge is 0.243 e. The molecule has 0 fully saturated rings. The predicted molar refractivity (Wildman–Crippen MR) is 69.4 cm³/mol. The molecule has 0 unspecified atom stereocenters. The summed E-state index contributed by atoms with van der Waals surface area (Å²) in [5.74, 6) is 0.205. The Morgan fingerprint density at radius 2 is 2.16 bits per heavy atom. The van der Waals surface area contributed by atoms with E-state index in [2.05, 4.69) is 15.4 Å².